The van der Waals surface area contributed by atoms with Crippen molar-refractivity contribution in [3.05, 3.63) is 28.8 Å². The molecule has 1 saturated heterocycles. The van der Waals surface area contributed by atoms with Gasteiger partial charge in [0.25, 0.3) is 0 Å². The Kier molecular flexibility index (Phi) is 5.23. The SMILES string of the molecule is COc1ccc(C(NCC2CCCO2)C(N)=O)cc1Cl. The fourth-order valence-corrected chi connectivity index (χ4v) is 2.57. The Labute approximate surface area is 123 Å². The lowest BCUT2D eigenvalue weighted by Gasteiger charge is -2.19. The van der Waals surface area contributed by atoms with Crippen LogP contribution in [0.2, 0.25) is 5.02 Å². The Balaban J connectivity index is 2.07. The first kappa shape index (κ1) is 15.1. The molecule has 110 valence electrons. The molecule has 2 atom stereocenters. The predicted molar refractivity (Wildman–Crippen MR) is 76.9 cm³/mol. The standard InChI is InChI=1S/C14H19ClN2O3/c1-19-12-5-4-9(7-11(12)15)13(14(16)18)17-8-10-3-2-6-20-10/h4-5,7,10,13,17H,2-3,6,8H2,1H3,(H2,16,18). The maximum absolute atomic E-state index is 11.6. The van der Waals surface area contributed by atoms with Crippen LogP contribution in [0, 0.1) is 0 Å². The molecule has 5 nitrogen and oxygen atoms in total. The molecule has 3 N–H and O–H groups in total. The second-order valence-corrected chi connectivity index (χ2v) is 5.18. The molecule has 0 aliphatic carbocycles. The van der Waals surface area contributed by atoms with Gasteiger partial charge in [0.2, 0.25) is 5.91 Å². The van der Waals surface area contributed by atoms with Crippen molar-refractivity contribution in [2.45, 2.75) is 25.0 Å². The van der Waals surface area contributed by atoms with E-state index in [4.69, 9.17) is 26.8 Å². The summed E-state index contributed by atoms with van der Waals surface area (Å²) in [7, 11) is 1.54. The first-order valence-electron chi connectivity index (χ1n) is 6.59. The summed E-state index contributed by atoms with van der Waals surface area (Å²) in [6.07, 6.45) is 2.20. The molecule has 1 aliphatic heterocycles. The summed E-state index contributed by atoms with van der Waals surface area (Å²) in [4.78, 5) is 11.6. The van der Waals surface area contributed by atoms with E-state index < -0.39 is 11.9 Å². The second-order valence-electron chi connectivity index (χ2n) is 4.77. The number of nitrogens with two attached hydrogens (primary N) is 1. The molecule has 2 unspecified atom stereocenters. The van der Waals surface area contributed by atoms with Crippen molar-refractivity contribution in [2.75, 3.05) is 20.3 Å². The van der Waals surface area contributed by atoms with E-state index >= 15 is 0 Å². The number of halogens is 1. The number of nitrogens with one attached hydrogen (secondary N) is 1. The van der Waals surface area contributed by atoms with E-state index in [1.807, 2.05) is 0 Å². The van der Waals surface area contributed by atoms with Crippen molar-refractivity contribution in [3.8, 4) is 5.75 Å². The average molecular weight is 299 g/mol. The summed E-state index contributed by atoms with van der Waals surface area (Å²) >= 11 is 6.08. The zero-order valence-corrected chi connectivity index (χ0v) is 12.2. The van der Waals surface area contributed by atoms with Gasteiger partial charge in [-0.15, -0.1) is 0 Å². The van der Waals surface area contributed by atoms with Gasteiger partial charge in [-0.1, -0.05) is 17.7 Å². The third-order valence-corrected chi connectivity index (χ3v) is 3.66. The molecule has 1 aromatic carbocycles. The molecule has 6 heteroatoms. The van der Waals surface area contributed by atoms with E-state index in [9.17, 15) is 4.79 Å². The molecule has 0 bridgehead atoms. The van der Waals surface area contributed by atoms with Crippen LogP contribution >= 0.6 is 11.6 Å². The van der Waals surface area contributed by atoms with Crippen LogP contribution in [0.15, 0.2) is 18.2 Å². The lowest BCUT2D eigenvalue weighted by molar-refractivity contribution is -0.120. The molecule has 1 amide bonds. The Morgan fingerprint density at radius 2 is 2.45 bits per heavy atom. The molecule has 2 rings (SSSR count). The molecule has 1 fully saturated rings. The molecule has 0 radical (unpaired) electrons. The molecular weight excluding hydrogens is 280 g/mol. The van der Waals surface area contributed by atoms with Gasteiger partial charge in [-0.2, -0.15) is 0 Å². The van der Waals surface area contributed by atoms with E-state index in [0.717, 1.165) is 25.0 Å². The van der Waals surface area contributed by atoms with Crippen LogP contribution in [0.1, 0.15) is 24.4 Å². The Morgan fingerprint density at radius 1 is 1.65 bits per heavy atom. The Hall–Kier alpha value is -1.30. The van der Waals surface area contributed by atoms with E-state index in [2.05, 4.69) is 5.32 Å². The Bertz CT molecular complexity index is 475. The largest absolute Gasteiger partial charge is 0.495 e. The van der Waals surface area contributed by atoms with Gasteiger partial charge in [-0.3, -0.25) is 10.1 Å². The van der Waals surface area contributed by atoms with Crippen molar-refractivity contribution < 1.29 is 14.3 Å². The number of methoxy groups -OCH3 is 1. The fraction of sp³-hybridized carbons (Fsp3) is 0.500. The van der Waals surface area contributed by atoms with Crippen molar-refractivity contribution in [1.82, 2.24) is 5.32 Å². The topological polar surface area (TPSA) is 73.6 Å². The van der Waals surface area contributed by atoms with Crippen LogP contribution in [0.25, 0.3) is 0 Å². The highest BCUT2D eigenvalue weighted by Crippen LogP contribution is 2.27. The van der Waals surface area contributed by atoms with Gasteiger partial charge in [0.1, 0.15) is 11.8 Å². The van der Waals surface area contributed by atoms with Gasteiger partial charge >= 0.3 is 0 Å². The summed E-state index contributed by atoms with van der Waals surface area (Å²) in [6, 6.07) is 4.62. The number of carbonyl (C=O) groups excluding carboxylic acids is 1. The fourth-order valence-electron chi connectivity index (χ4n) is 2.30. The average Bonchev–Trinajstić information content (AvgIpc) is 2.92. The number of carbonyl (C=O) groups is 1. The molecule has 1 aliphatic rings. The van der Waals surface area contributed by atoms with Crippen LogP contribution in [0.3, 0.4) is 0 Å². The maximum Gasteiger partial charge on any atom is 0.239 e. The second kappa shape index (κ2) is 6.92. The minimum Gasteiger partial charge on any atom is -0.495 e. The molecule has 1 heterocycles. The van der Waals surface area contributed by atoms with Crippen LogP contribution in [-0.4, -0.2) is 32.3 Å². The monoisotopic (exact) mass is 298 g/mol. The van der Waals surface area contributed by atoms with E-state index in [1.54, 1.807) is 25.3 Å². The quantitative estimate of drug-likeness (QED) is 0.837. The molecule has 1 aromatic rings. The zero-order valence-electron chi connectivity index (χ0n) is 11.4. The predicted octanol–water partition coefficient (Wildman–Crippen LogP) is 1.64. The zero-order chi connectivity index (χ0) is 14.5. The molecule has 20 heavy (non-hydrogen) atoms. The number of primary amides is 1. The van der Waals surface area contributed by atoms with E-state index in [1.165, 1.54) is 0 Å². The van der Waals surface area contributed by atoms with Gasteiger partial charge in [0.15, 0.2) is 0 Å². The Morgan fingerprint density at radius 3 is 3.00 bits per heavy atom. The lowest BCUT2D eigenvalue weighted by Crippen LogP contribution is -2.37. The van der Waals surface area contributed by atoms with Gasteiger partial charge < -0.3 is 15.2 Å². The van der Waals surface area contributed by atoms with Gasteiger partial charge in [-0.05, 0) is 30.5 Å². The number of amides is 1. The molecule has 0 aromatic heterocycles. The highest BCUT2D eigenvalue weighted by atomic mass is 35.5. The highest BCUT2D eigenvalue weighted by Gasteiger charge is 2.22. The van der Waals surface area contributed by atoms with Crippen molar-refractivity contribution in [3.63, 3.8) is 0 Å². The smallest absolute Gasteiger partial charge is 0.239 e. The number of hydrogen-bond acceptors (Lipinski definition) is 4. The van der Waals surface area contributed by atoms with Crippen molar-refractivity contribution in [1.29, 1.82) is 0 Å². The summed E-state index contributed by atoms with van der Waals surface area (Å²) in [5, 5.41) is 3.60. The first-order chi connectivity index (χ1) is 9.61. The summed E-state index contributed by atoms with van der Waals surface area (Å²) in [6.45, 7) is 1.37. The third kappa shape index (κ3) is 3.62. The van der Waals surface area contributed by atoms with Gasteiger partial charge in [0, 0.05) is 13.2 Å². The van der Waals surface area contributed by atoms with E-state index in [-0.39, 0.29) is 6.10 Å². The lowest BCUT2D eigenvalue weighted by atomic mass is 10.1. The van der Waals surface area contributed by atoms with E-state index in [0.29, 0.717) is 17.3 Å². The van der Waals surface area contributed by atoms with Crippen molar-refractivity contribution in [2.24, 2.45) is 5.73 Å². The van der Waals surface area contributed by atoms with Gasteiger partial charge in [0.05, 0.1) is 18.2 Å². The minimum absolute atomic E-state index is 0.144. The highest BCUT2D eigenvalue weighted by molar-refractivity contribution is 6.32. The van der Waals surface area contributed by atoms with Gasteiger partial charge in [-0.25, -0.2) is 0 Å². The van der Waals surface area contributed by atoms with Crippen LogP contribution < -0.4 is 15.8 Å². The summed E-state index contributed by atoms with van der Waals surface area (Å²) in [5.74, 6) is 0.127. The van der Waals surface area contributed by atoms with Crippen LogP contribution in [0.4, 0.5) is 0 Å². The molecule has 0 spiro atoms. The van der Waals surface area contributed by atoms with Crippen LogP contribution in [0.5, 0.6) is 5.75 Å². The molecule has 0 saturated carbocycles. The number of ether oxygens (including phenoxy) is 2. The van der Waals surface area contributed by atoms with Crippen LogP contribution in [-0.2, 0) is 9.53 Å². The first-order valence-corrected chi connectivity index (χ1v) is 6.97. The minimum atomic E-state index is -0.581. The molecular formula is C14H19ClN2O3. The van der Waals surface area contributed by atoms with Crippen molar-refractivity contribution >= 4 is 17.5 Å². The maximum atomic E-state index is 11.6. The number of hydrogen-bond donors (Lipinski definition) is 2. The summed E-state index contributed by atoms with van der Waals surface area (Å²) in [5.41, 5.74) is 6.18. The number of benzene rings is 1. The summed E-state index contributed by atoms with van der Waals surface area (Å²) < 4.78 is 10.6. The third-order valence-electron chi connectivity index (χ3n) is 3.37. The number of rotatable bonds is 6. The normalized spacial score (nSPS) is 19.8.